The van der Waals surface area contributed by atoms with Crippen molar-refractivity contribution < 1.29 is 22.7 Å². The molecule has 1 aliphatic heterocycles. The second-order valence-electron chi connectivity index (χ2n) is 8.04. The zero-order chi connectivity index (χ0) is 25.7. The molecule has 0 radical (unpaired) electrons. The molecule has 8 nitrogen and oxygen atoms in total. The number of ether oxygens (including phenoxy) is 1. The SMILES string of the molecule is Cc1ccc(S(=O)(=O)C2CNC(SCC(=O)Nc3ccc(Oc4ccccc4)cc3)NC2=O)cc1Cl. The molecule has 0 bridgehead atoms. The second-order valence-corrected chi connectivity index (χ2v) is 11.7. The van der Waals surface area contributed by atoms with Gasteiger partial charge in [0.2, 0.25) is 11.8 Å². The molecule has 0 aromatic heterocycles. The summed E-state index contributed by atoms with van der Waals surface area (Å²) in [5.74, 6) is 0.505. The fourth-order valence-corrected chi connectivity index (χ4v) is 6.02. The number of sulfone groups is 1. The highest BCUT2D eigenvalue weighted by atomic mass is 35.5. The van der Waals surface area contributed by atoms with E-state index in [1.807, 2.05) is 30.3 Å². The fourth-order valence-electron chi connectivity index (χ4n) is 3.43. The van der Waals surface area contributed by atoms with Crippen molar-refractivity contribution in [2.75, 3.05) is 17.6 Å². The summed E-state index contributed by atoms with van der Waals surface area (Å²) in [6.07, 6.45) is 0. The van der Waals surface area contributed by atoms with E-state index in [0.717, 1.165) is 17.3 Å². The smallest absolute Gasteiger partial charge is 0.241 e. The average Bonchev–Trinajstić information content (AvgIpc) is 2.86. The largest absolute Gasteiger partial charge is 0.457 e. The first-order valence-electron chi connectivity index (χ1n) is 11.0. The van der Waals surface area contributed by atoms with Gasteiger partial charge < -0.3 is 15.4 Å². The maximum atomic E-state index is 12.9. The molecule has 0 saturated carbocycles. The van der Waals surface area contributed by atoms with Crippen molar-refractivity contribution in [2.24, 2.45) is 0 Å². The Morgan fingerprint density at radius 2 is 1.78 bits per heavy atom. The number of thioether (sulfide) groups is 1. The van der Waals surface area contributed by atoms with Gasteiger partial charge in [-0.1, -0.05) is 35.9 Å². The van der Waals surface area contributed by atoms with E-state index in [-0.39, 0.29) is 23.1 Å². The third kappa shape index (κ3) is 6.38. The van der Waals surface area contributed by atoms with Crippen LogP contribution in [-0.4, -0.2) is 43.3 Å². The summed E-state index contributed by atoms with van der Waals surface area (Å²) in [6.45, 7) is 1.68. The van der Waals surface area contributed by atoms with E-state index in [0.29, 0.717) is 22.2 Å². The number of aryl methyl sites for hydroxylation is 1. The lowest BCUT2D eigenvalue weighted by Crippen LogP contribution is -2.59. The molecule has 11 heteroatoms. The summed E-state index contributed by atoms with van der Waals surface area (Å²) in [7, 11) is -3.93. The van der Waals surface area contributed by atoms with E-state index in [1.165, 1.54) is 12.1 Å². The van der Waals surface area contributed by atoms with Crippen LogP contribution < -0.4 is 20.7 Å². The molecule has 2 unspecified atom stereocenters. The molecule has 3 aromatic carbocycles. The highest BCUT2D eigenvalue weighted by molar-refractivity contribution is 8.00. The standard InChI is InChI=1S/C25H24ClN3O5S2/c1-16-7-12-20(13-21(16)26)36(32,33)22-14-27-25(29-24(22)31)35-15-23(30)28-17-8-10-19(11-9-17)34-18-5-3-2-4-6-18/h2-13,22,25,27H,14-15H2,1H3,(H,28,30)(H,29,31). The summed E-state index contributed by atoms with van der Waals surface area (Å²) in [5.41, 5.74) is 0.746. The van der Waals surface area contributed by atoms with Gasteiger partial charge in [-0.15, -0.1) is 11.8 Å². The van der Waals surface area contributed by atoms with Crippen LogP contribution in [0.1, 0.15) is 5.56 Å². The van der Waals surface area contributed by atoms with Crippen molar-refractivity contribution >= 4 is 50.7 Å². The van der Waals surface area contributed by atoms with Crippen LogP contribution in [0, 0.1) is 6.92 Å². The number of nitrogens with one attached hydrogen (secondary N) is 3. The number of anilines is 1. The lowest BCUT2D eigenvalue weighted by molar-refractivity contribution is -0.122. The van der Waals surface area contributed by atoms with E-state index < -0.39 is 26.5 Å². The molecule has 4 rings (SSSR count). The monoisotopic (exact) mass is 545 g/mol. The molecule has 2 amide bonds. The van der Waals surface area contributed by atoms with E-state index >= 15 is 0 Å². The molecule has 1 aliphatic rings. The molecule has 3 N–H and O–H groups in total. The minimum absolute atomic E-state index is 0.00859. The summed E-state index contributed by atoms with van der Waals surface area (Å²) < 4.78 is 31.6. The number of benzene rings is 3. The number of hydrogen-bond acceptors (Lipinski definition) is 7. The normalized spacial score (nSPS) is 17.8. The number of rotatable bonds is 8. The zero-order valence-corrected chi connectivity index (χ0v) is 21.6. The zero-order valence-electron chi connectivity index (χ0n) is 19.2. The molecular weight excluding hydrogens is 522 g/mol. The predicted octanol–water partition coefficient (Wildman–Crippen LogP) is 3.96. The lowest BCUT2D eigenvalue weighted by Gasteiger charge is -2.29. The average molecular weight is 546 g/mol. The fraction of sp³-hybridized carbons (Fsp3) is 0.200. The molecule has 0 aliphatic carbocycles. The third-order valence-corrected chi connectivity index (χ3v) is 8.89. The van der Waals surface area contributed by atoms with Crippen molar-refractivity contribution in [1.29, 1.82) is 0 Å². The van der Waals surface area contributed by atoms with E-state index in [9.17, 15) is 18.0 Å². The lowest BCUT2D eigenvalue weighted by atomic mass is 10.2. The number of halogens is 1. The summed E-state index contributed by atoms with van der Waals surface area (Å²) >= 11 is 7.21. The van der Waals surface area contributed by atoms with Gasteiger partial charge in [0, 0.05) is 17.3 Å². The maximum absolute atomic E-state index is 12.9. The van der Waals surface area contributed by atoms with Gasteiger partial charge in [0.25, 0.3) is 0 Å². The minimum atomic E-state index is -3.93. The van der Waals surface area contributed by atoms with Gasteiger partial charge in [0.05, 0.1) is 10.6 Å². The van der Waals surface area contributed by atoms with Gasteiger partial charge >= 0.3 is 0 Å². The molecule has 1 fully saturated rings. The van der Waals surface area contributed by atoms with Crippen LogP contribution in [0.15, 0.2) is 77.7 Å². The first-order valence-corrected chi connectivity index (χ1v) is 14.0. The van der Waals surface area contributed by atoms with Crippen LogP contribution in [0.5, 0.6) is 11.5 Å². The van der Waals surface area contributed by atoms with E-state index in [4.69, 9.17) is 16.3 Å². The van der Waals surface area contributed by atoms with Gasteiger partial charge in [0.15, 0.2) is 15.1 Å². The quantitative estimate of drug-likeness (QED) is 0.392. The summed E-state index contributed by atoms with van der Waals surface area (Å²) in [6, 6.07) is 20.7. The van der Waals surface area contributed by atoms with Crippen molar-refractivity contribution in [1.82, 2.24) is 10.6 Å². The molecule has 1 heterocycles. The molecule has 3 aromatic rings. The van der Waals surface area contributed by atoms with Crippen LogP contribution >= 0.6 is 23.4 Å². The molecule has 188 valence electrons. The number of carbonyl (C=O) groups excluding carboxylic acids is 2. The molecular formula is C25H24ClN3O5S2. The molecule has 36 heavy (non-hydrogen) atoms. The Morgan fingerprint density at radius 1 is 1.08 bits per heavy atom. The number of para-hydroxylation sites is 1. The Balaban J connectivity index is 1.26. The Bertz CT molecular complexity index is 1350. The summed E-state index contributed by atoms with van der Waals surface area (Å²) in [5, 5.41) is 7.40. The van der Waals surface area contributed by atoms with Crippen molar-refractivity contribution in [3.05, 3.63) is 83.4 Å². The Kier molecular flexibility index (Phi) is 8.20. The van der Waals surface area contributed by atoms with Crippen LogP contribution in [-0.2, 0) is 19.4 Å². The number of amides is 2. The van der Waals surface area contributed by atoms with E-state index in [2.05, 4.69) is 16.0 Å². The van der Waals surface area contributed by atoms with Gasteiger partial charge in [-0.2, -0.15) is 0 Å². The van der Waals surface area contributed by atoms with Crippen LogP contribution in [0.25, 0.3) is 0 Å². The highest BCUT2D eigenvalue weighted by Gasteiger charge is 2.38. The Hall–Kier alpha value is -3.05. The van der Waals surface area contributed by atoms with Crippen LogP contribution in [0.3, 0.4) is 0 Å². The van der Waals surface area contributed by atoms with Crippen molar-refractivity contribution in [2.45, 2.75) is 22.6 Å². The Morgan fingerprint density at radius 3 is 2.44 bits per heavy atom. The first kappa shape index (κ1) is 26.0. The molecule has 2 atom stereocenters. The number of carbonyl (C=O) groups is 2. The van der Waals surface area contributed by atoms with Gasteiger partial charge in [-0.3, -0.25) is 14.9 Å². The summed E-state index contributed by atoms with van der Waals surface area (Å²) in [4.78, 5) is 24.9. The van der Waals surface area contributed by atoms with Gasteiger partial charge in [-0.25, -0.2) is 8.42 Å². The molecule has 0 spiro atoms. The third-order valence-electron chi connectivity index (χ3n) is 5.40. The topological polar surface area (TPSA) is 114 Å². The van der Waals surface area contributed by atoms with Gasteiger partial charge in [0.1, 0.15) is 17.0 Å². The Labute approximate surface area is 218 Å². The minimum Gasteiger partial charge on any atom is -0.457 e. The van der Waals surface area contributed by atoms with Crippen molar-refractivity contribution in [3.63, 3.8) is 0 Å². The second kappa shape index (κ2) is 11.3. The number of hydrogen-bond donors (Lipinski definition) is 3. The van der Waals surface area contributed by atoms with Crippen molar-refractivity contribution in [3.8, 4) is 11.5 Å². The predicted molar refractivity (Wildman–Crippen MR) is 141 cm³/mol. The van der Waals surface area contributed by atoms with Crippen LogP contribution in [0.2, 0.25) is 5.02 Å². The maximum Gasteiger partial charge on any atom is 0.241 e. The van der Waals surface area contributed by atoms with Crippen LogP contribution in [0.4, 0.5) is 5.69 Å². The van der Waals surface area contributed by atoms with Gasteiger partial charge in [-0.05, 0) is 61.0 Å². The molecule has 1 saturated heterocycles. The highest BCUT2D eigenvalue weighted by Crippen LogP contribution is 2.25. The van der Waals surface area contributed by atoms with E-state index in [1.54, 1.807) is 37.3 Å². The first-order chi connectivity index (χ1) is 17.2.